The molecule has 31 heavy (non-hydrogen) atoms. The zero-order valence-corrected chi connectivity index (χ0v) is 18.0. The van der Waals surface area contributed by atoms with Gasteiger partial charge in [-0.15, -0.1) is 16.4 Å². The van der Waals surface area contributed by atoms with Crippen LogP contribution < -0.4 is 10.6 Å². The highest BCUT2D eigenvalue weighted by atomic mass is 32.2. The number of aryl methyl sites for hydroxylation is 1. The molecule has 2 N–H and O–H groups in total. The molecular formula is C20H17N7O2S2. The molecule has 2 heterocycles. The van der Waals surface area contributed by atoms with Crippen molar-refractivity contribution in [3.63, 3.8) is 0 Å². The van der Waals surface area contributed by atoms with Crippen molar-refractivity contribution in [3.05, 3.63) is 65.7 Å². The van der Waals surface area contributed by atoms with Crippen LogP contribution in [0.4, 0.5) is 11.4 Å². The number of nitrogens with one attached hydrogen (secondary N) is 2. The van der Waals surface area contributed by atoms with E-state index in [1.165, 1.54) is 16.4 Å². The standard InChI is InChI=1S/C20H17N7O2S2/c1-27-20(24-25-26-27)31-12-17(28)22-15-6-2-13(3-7-15)18(29)23-16-8-4-14(5-9-16)19-21-10-11-30-19/h2-11H,12H2,1H3,(H,22,28)(H,23,29). The van der Waals surface area contributed by atoms with Gasteiger partial charge in [-0.1, -0.05) is 11.8 Å². The smallest absolute Gasteiger partial charge is 0.255 e. The number of amides is 2. The molecule has 0 aliphatic rings. The lowest BCUT2D eigenvalue weighted by molar-refractivity contribution is -0.113. The molecule has 0 aliphatic carbocycles. The van der Waals surface area contributed by atoms with Gasteiger partial charge in [0, 0.05) is 41.1 Å². The normalized spacial score (nSPS) is 10.6. The number of thiazole rings is 1. The predicted octanol–water partition coefficient (Wildman–Crippen LogP) is 3.32. The van der Waals surface area contributed by atoms with E-state index in [1.54, 1.807) is 48.8 Å². The van der Waals surface area contributed by atoms with E-state index >= 15 is 0 Å². The van der Waals surface area contributed by atoms with Crippen LogP contribution in [0.25, 0.3) is 10.6 Å². The fourth-order valence-corrected chi connectivity index (χ4v) is 3.94. The number of hydrogen-bond donors (Lipinski definition) is 2. The van der Waals surface area contributed by atoms with Gasteiger partial charge in [-0.2, -0.15) is 0 Å². The Hall–Kier alpha value is -3.57. The van der Waals surface area contributed by atoms with E-state index in [9.17, 15) is 9.59 Å². The molecule has 4 aromatic rings. The monoisotopic (exact) mass is 451 g/mol. The van der Waals surface area contributed by atoms with E-state index < -0.39 is 0 Å². The maximum Gasteiger partial charge on any atom is 0.255 e. The number of carbonyl (C=O) groups excluding carboxylic acids is 2. The maximum atomic E-state index is 12.5. The molecule has 11 heteroatoms. The van der Waals surface area contributed by atoms with Gasteiger partial charge in [0.1, 0.15) is 5.01 Å². The Morgan fingerprint density at radius 2 is 1.74 bits per heavy atom. The predicted molar refractivity (Wildman–Crippen MR) is 120 cm³/mol. The van der Waals surface area contributed by atoms with Crippen LogP contribution in [0, 0.1) is 0 Å². The highest BCUT2D eigenvalue weighted by Crippen LogP contribution is 2.23. The number of hydrogen-bond acceptors (Lipinski definition) is 8. The second-order valence-corrected chi connectivity index (χ2v) is 8.21. The zero-order valence-electron chi connectivity index (χ0n) is 16.3. The molecule has 0 saturated carbocycles. The average molecular weight is 452 g/mol. The molecular weight excluding hydrogens is 434 g/mol. The minimum atomic E-state index is -0.231. The lowest BCUT2D eigenvalue weighted by Crippen LogP contribution is -2.15. The molecule has 156 valence electrons. The lowest BCUT2D eigenvalue weighted by Gasteiger charge is -2.08. The molecule has 0 fully saturated rings. The highest BCUT2D eigenvalue weighted by Gasteiger charge is 2.10. The van der Waals surface area contributed by atoms with Crippen molar-refractivity contribution in [2.75, 3.05) is 16.4 Å². The minimum Gasteiger partial charge on any atom is -0.325 e. The van der Waals surface area contributed by atoms with Gasteiger partial charge in [-0.25, -0.2) is 9.67 Å². The maximum absolute atomic E-state index is 12.5. The molecule has 9 nitrogen and oxygen atoms in total. The quantitative estimate of drug-likeness (QED) is 0.414. The van der Waals surface area contributed by atoms with E-state index in [0.717, 1.165) is 10.6 Å². The van der Waals surface area contributed by atoms with Gasteiger partial charge < -0.3 is 10.6 Å². The Kier molecular flexibility index (Phi) is 6.34. The number of thioether (sulfide) groups is 1. The second kappa shape index (κ2) is 9.49. The number of rotatable bonds is 7. The summed E-state index contributed by atoms with van der Waals surface area (Å²) in [5.41, 5.74) is 2.78. The fraction of sp³-hybridized carbons (Fsp3) is 0.100. The van der Waals surface area contributed by atoms with Gasteiger partial charge in [0.15, 0.2) is 0 Å². The van der Waals surface area contributed by atoms with Crippen molar-refractivity contribution in [3.8, 4) is 10.6 Å². The van der Waals surface area contributed by atoms with E-state index in [0.29, 0.717) is 22.1 Å². The third-order valence-corrected chi connectivity index (χ3v) is 6.00. The molecule has 0 bridgehead atoms. The Morgan fingerprint density at radius 1 is 1.03 bits per heavy atom. The largest absolute Gasteiger partial charge is 0.325 e. The molecule has 0 aliphatic heterocycles. The molecule has 0 radical (unpaired) electrons. The third kappa shape index (κ3) is 5.32. The van der Waals surface area contributed by atoms with Gasteiger partial charge in [-0.3, -0.25) is 9.59 Å². The Morgan fingerprint density at radius 3 is 2.39 bits per heavy atom. The van der Waals surface area contributed by atoms with Crippen LogP contribution in [0.15, 0.2) is 65.3 Å². The van der Waals surface area contributed by atoms with Crippen LogP contribution in [-0.4, -0.2) is 42.8 Å². The minimum absolute atomic E-state index is 0.174. The highest BCUT2D eigenvalue weighted by molar-refractivity contribution is 7.99. The first-order valence-corrected chi connectivity index (χ1v) is 11.0. The number of carbonyl (C=O) groups is 2. The van der Waals surface area contributed by atoms with Crippen molar-refractivity contribution in [1.29, 1.82) is 0 Å². The summed E-state index contributed by atoms with van der Waals surface area (Å²) < 4.78 is 1.50. The summed E-state index contributed by atoms with van der Waals surface area (Å²) in [5.74, 6) is -0.247. The summed E-state index contributed by atoms with van der Waals surface area (Å²) in [7, 11) is 1.71. The van der Waals surface area contributed by atoms with Crippen molar-refractivity contribution in [2.45, 2.75) is 5.16 Å². The van der Waals surface area contributed by atoms with Crippen LogP contribution >= 0.6 is 23.1 Å². The second-order valence-electron chi connectivity index (χ2n) is 6.37. The number of benzene rings is 2. The topological polar surface area (TPSA) is 115 Å². The Bertz CT molecular complexity index is 1170. The lowest BCUT2D eigenvalue weighted by atomic mass is 10.1. The van der Waals surface area contributed by atoms with Crippen molar-refractivity contribution >= 4 is 46.3 Å². The van der Waals surface area contributed by atoms with Crippen LogP contribution in [0.1, 0.15) is 10.4 Å². The van der Waals surface area contributed by atoms with Crippen LogP contribution in [0.2, 0.25) is 0 Å². The number of nitrogens with zero attached hydrogens (tertiary/aromatic N) is 5. The van der Waals surface area contributed by atoms with Gasteiger partial charge >= 0.3 is 0 Å². The fourth-order valence-electron chi connectivity index (χ4n) is 2.64. The van der Waals surface area contributed by atoms with Gasteiger partial charge in [-0.05, 0) is 59.0 Å². The average Bonchev–Trinajstić information content (AvgIpc) is 3.45. The van der Waals surface area contributed by atoms with Crippen molar-refractivity contribution in [1.82, 2.24) is 25.2 Å². The number of aromatic nitrogens is 5. The van der Waals surface area contributed by atoms with Crippen LogP contribution in [0.3, 0.4) is 0 Å². The third-order valence-electron chi connectivity index (χ3n) is 4.17. The molecule has 0 saturated heterocycles. The summed E-state index contributed by atoms with van der Waals surface area (Å²) in [6.45, 7) is 0. The number of tetrazole rings is 1. The van der Waals surface area contributed by atoms with E-state index in [1.807, 2.05) is 29.6 Å². The first-order valence-electron chi connectivity index (χ1n) is 9.15. The van der Waals surface area contributed by atoms with Crippen LogP contribution in [-0.2, 0) is 11.8 Å². The summed E-state index contributed by atoms with van der Waals surface area (Å²) in [6.07, 6.45) is 1.76. The first-order chi connectivity index (χ1) is 15.1. The molecule has 0 unspecified atom stereocenters. The molecule has 2 aromatic carbocycles. The molecule has 0 spiro atoms. The Labute approximate surface area is 185 Å². The number of anilines is 2. The zero-order chi connectivity index (χ0) is 21.6. The van der Waals surface area contributed by atoms with Crippen LogP contribution in [0.5, 0.6) is 0 Å². The molecule has 0 atom stereocenters. The first kappa shape index (κ1) is 20.7. The Balaban J connectivity index is 1.30. The van der Waals surface area contributed by atoms with Gasteiger partial charge in [0.2, 0.25) is 11.1 Å². The summed E-state index contributed by atoms with van der Waals surface area (Å²) in [4.78, 5) is 28.9. The molecule has 4 rings (SSSR count). The van der Waals surface area contributed by atoms with E-state index in [-0.39, 0.29) is 17.6 Å². The summed E-state index contributed by atoms with van der Waals surface area (Å²) >= 11 is 2.80. The van der Waals surface area contributed by atoms with Gasteiger partial charge in [0.25, 0.3) is 5.91 Å². The molecule has 2 amide bonds. The summed E-state index contributed by atoms with van der Waals surface area (Å²) in [6, 6.07) is 14.2. The molecule has 2 aromatic heterocycles. The van der Waals surface area contributed by atoms with E-state index in [4.69, 9.17) is 0 Å². The van der Waals surface area contributed by atoms with Crippen molar-refractivity contribution < 1.29 is 9.59 Å². The van der Waals surface area contributed by atoms with Crippen molar-refractivity contribution in [2.24, 2.45) is 7.05 Å². The SMILES string of the molecule is Cn1nnnc1SCC(=O)Nc1ccc(C(=O)Nc2ccc(-c3nccs3)cc2)cc1. The summed E-state index contributed by atoms with van der Waals surface area (Å²) in [5, 5.41) is 20.1. The van der Waals surface area contributed by atoms with E-state index in [2.05, 4.69) is 31.1 Å². The van der Waals surface area contributed by atoms with Gasteiger partial charge in [0.05, 0.1) is 5.75 Å².